The van der Waals surface area contributed by atoms with Gasteiger partial charge in [0.25, 0.3) is 0 Å². The van der Waals surface area contributed by atoms with Crippen molar-refractivity contribution in [3.05, 3.63) is 53.8 Å². The Morgan fingerprint density at radius 3 is 2.60 bits per heavy atom. The van der Waals surface area contributed by atoms with Crippen LogP contribution < -0.4 is 0 Å². The normalized spacial score (nSPS) is 11.3. The second-order valence-corrected chi connectivity index (χ2v) is 3.81. The Bertz CT molecular complexity index is 663. The summed E-state index contributed by atoms with van der Waals surface area (Å²) in [5.74, 6) is -3.35. The summed E-state index contributed by atoms with van der Waals surface area (Å²) in [5.41, 5.74) is 0.852. The van der Waals surface area contributed by atoms with E-state index in [1.807, 2.05) is 0 Å². The highest BCUT2D eigenvalue weighted by Crippen LogP contribution is 2.02. The molecule has 0 atom stereocenters. The van der Waals surface area contributed by atoms with Gasteiger partial charge >= 0.3 is 5.97 Å². The largest absolute Gasteiger partial charge is 0.502 e. The topological polar surface area (TPSA) is 118 Å². The number of hydrogen-bond donors (Lipinski definition) is 2. The van der Waals surface area contributed by atoms with Gasteiger partial charge in [-0.15, -0.1) is 5.10 Å². The molecule has 0 bridgehead atoms. The van der Waals surface area contributed by atoms with Crippen molar-refractivity contribution in [2.24, 2.45) is 0 Å². The minimum Gasteiger partial charge on any atom is -0.502 e. The Kier molecular flexibility index (Phi) is 3.85. The molecule has 0 aromatic carbocycles. The Labute approximate surface area is 113 Å². The predicted octanol–water partition coefficient (Wildman–Crippen LogP) is 0.431. The molecule has 0 unspecified atom stereocenters. The van der Waals surface area contributed by atoms with Crippen LogP contribution >= 0.6 is 0 Å². The lowest BCUT2D eigenvalue weighted by atomic mass is 10.2. The molecule has 20 heavy (non-hydrogen) atoms. The van der Waals surface area contributed by atoms with Gasteiger partial charge in [-0.2, -0.15) is 9.90 Å². The van der Waals surface area contributed by atoms with Gasteiger partial charge in [0.2, 0.25) is 11.5 Å². The van der Waals surface area contributed by atoms with E-state index in [-0.39, 0.29) is 5.69 Å². The highest BCUT2D eigenvalue weighted by Gasteiger charge is 2.12. The van der Waals surface area contributed by atoms with Crippen LogP contribution in [0.5, 0.6) is 0 Å². The van der Waals surface area contributed by atoms with Gasteiger partial charge in [-0.25, -0.2) is 4.79 Å². The van der Waals surface area contributed by atoms with Crippen LogP contribution in [0, 0.1) is 0 Å². The van der Waals surface area contributed by atoms with Crippen molar-refractivity contribution in [1.29, 1.82) is 0 Å². The first kappa shape index (κ1) is 13.4. The van der Waals surface area contributed by atoms with Gasteiger partial charge in [0.05, 0.1) is 12.7 Å². The van der Waals surface area contributed by atoms with Gasteiger partial charge in [0.15, 0.2) is 5.69 Å². The van der Waals surface area contributed by atoms with Gasteiger partial charge < -0.3 is 10.2 Å². The molecule has 2 aromatic heterocycles. The fourth-order valence-corrected chi connectivity index (χ4v) is 1.40. The average Bonchev–Trinajstić information content (AvgIpc) is 2.88. The third-order valence-corrected chi connectivity index (χ3v) is 2.35. The molecule has 2 aromatic rings. The zero-order valence-corrected chi connectivity index (χ0v) is 10.2. The number of aromatic nitrogens is 4. The number of aliphatic hydroxyl groups is 1. The van der Waals surface area contributed by atoms with Gasteiger partial charge in [-0.05, 0) is 17.7 Å². The predicted molar refractivity (Wildman–Crippen MR) is 66.0 cm³/mol. The number of rotatable bonds is 5. The lowest BCUT2D eigenvalue weighted by Gasteiger charge is -1.98. The van der Waals surface area contributed by atoms with Gasteiger partial charge in [-0.1, -0.05) is 0 Å². The number of hydrogen-bond acceptors (Lipinski definition) is 6. The molecule has 102 valence electrons. The van der Waals surface area contributed by atoms with Crippen LogP contribution in [-0.4, -0.2) is 41.9 Å². The molecule has 2 rings (SSSR count). The van der Waals surface area contributed by atoms with Crippen LogP contribution in [-0.2, 0) is 11.3 Å². The van der Waals surface area contributed by atoms with Gasteiger partial charge in [0.1, 0.15) is 0 Å². The second-order valence-electron chi connectivity index (χ2n) is 3.81. The number of aliphatic carboxylic acids is 1. The maximum atomic E-state index is 11.6. The van der Waals surface area contributed by atoms with Crippen molar-refractivity contribution in [3.8, 4) is 0 Å². The molecule has 0 saturated heterocycles. The van der Waals surface area contributed by atoms with E-state index in [4.69, 9.17) is 10.2 Å². The van der Waals surface area contributed by atoms with E-state index in [1.165, 1.54) is 11.0 Å². The summed E-state index contributed by atoms with van der Waals surface area (Å²) in [4.78, 5) is 27.2. The summed E-state index contributed by atoms with van der Waals surface area (Å²) in [5, 5.41) is 25.2. The van der Waals surface area contributed by atoms with Crippen molar-refractivity contribution < 1.29 is 19.8 Å². The summed E-state index contributed by atoms with van der Waals surface area (Å²) in [6.45, 7) is 0.352. The van der Waals surface area contributed by atoms with E-state index in [2.05, 4.69) is 15.2 Å². The minimum absolute atomic E-state index is 0.0492. The Balaban J connectivity index is 2.11. The number of carboxylic acids is 1. The van der Waals surface area contributed by atoms with Crippen LogP contribution in [0.15, 0.2) is 42.6 Å². The number of aliphatic hydroxyl groups excluding tert-OH is 1. The third-order valence-electron chi connectivity index (χ3n) is 2.35. The van der Waals surface area contributed by atoms with Crippen LogP contribution in [0.4, 0.5) is 0 Å². The first-order chi connectivity index (χ1) is 9.56. The number of carbonyl (C=O) groups is 2. The summed E-state index contributed by atoms with van der Waals surface area (Å²) in [6, 6.07) is 3.56. The highest BCUT2D eigenvalue weighted by molar-refractivity contribution is 6.06. The Hall–Kier alpha value is -3.03. The van der Waals surface area contributed by atoms with E-state index in [1.54, 1.807) is 24.5 Å². The molecule has 0 amide bonds. The number of allylic oxidation sites excluding steroid dienone is 1. The van der Waals surface area contributed by atoms with Crippen molar-refractivity contribution in [3.63, 3.8) is 0 Å². The maximum absolute atomic E-state index is 11.6. The summed E-state index contributed by atoms with van der Waals surface area (Å²) in [6.07, 6.45) is 5.04. The molecule has 0 radical (unpaired) electrons. The van der Waals surface area contributed by atoms with Crippen molar-refractivity contribution >= 4 is 11.8 Å². The summed E-state index contributed by atoms with van der Waals surface area (Å²) in [7, 11) is 0. The van der Waals surface area contributed by atoms with E-state index in [9.17, 15) is 9.59 Å². The van der Waals surface area contributed by atoms with E-state index in [0.717, 1.165) is 5.56 Å². The van der Waals surface area contributed by atoms with E-state index in [0.29, 0.717) is 12.6 Å². The highest BCUT2D eigenvalue weighted by atomic mass is 16.4. The van der Waals surface area contributed by atoms with Crippen LogP contribution in [0.2, 0.25) is 0 Å². The Morgan fingerprint density at radius 2 is 1.95 bits per heavy atom. The minimum atomic E-state index is -1.58. The molecule has 0 spiro atoms. The molecule has 8 nitrogen and oxygen atoms in total. The van der Waals surface area contributed by atoms with Crippen molar-refractivity contribution in [1.82, 2.24) is 20.0 Å². The summed E-state index contributed by atoms with van der Waals surface area (Å²) >= 11 is 0. The number of carbonyl (C=O) groups excluding carboxylic acids is 1. The average molecular weight is 274 g/mol. The first-order valence-electron chi connectivity index (χ1n) is 5.53. The first-order valence-corrected chi connectivity index (χ1v) is 5.53. The molecular weight excluding hydrogens is 264 g/mol. The maximum Gasteiger partial charge on any atom is 0.371 e. The zero-order valence-electron chi connectivity index (χ0n) is 10.2. The lowest BCUT2D eigenvalue weighted by molar-refractivity contribution is -0.135. The molecule has 0 fully saturated rings. The smallest absolute Gasteiger partial charge is 0.371 e. The van der Waals surface area contributed by atoms with Gasteiger partial charge in [-0.3, -0.25) is 9.78 Å². The monoisotopic (exact) mass is 274 g/mol. The lowest BCUT2D eigenvalue weighted by Crippen LogP contribution is -2.07. The van der Waals surface area contributed by atoms with Gasteiger partial charge in [0, 0.05) is 18.5 Å². The van der Waals surface area contributed by atoms with E-state index >= 15 is 0 Å². The zero-order chi connectivity index (χ0) is 14.5. The number of carboxylic acid groups (broad SMARTS) is 1. The third kappa shape index (κ3) is 3.25. The fraction of sp³-hybridized carbons (Fsp3) is 0.0833. The van der Waals surface area contributed by atoms with Crippen molar-refractivity contribution in [2.45, 2.75) is 6.54 Å². The SMILES string of the molecule is O=C(O)C(O)=CC(=O)c1cnn(Cc2ccncc2)n1. The Morgan fingerprint density at radius 1 is 1.25 bits per heavy atom. The molecule has 0 aliphatic rings. The molecule has 8 heteroatoms. The van der Waals surface area contributed by atoms with Crippen LogP contribution in [0.3, 0.4) is 0 Å². The molecule has 0 saturated carbocycles. The number of nitrogens with zero attached hydrogens (tertiary/aromatic N) is 4. The quantitative estimate of drug-likeness (QED) is 0.461. The number of ketones is 1. The second kappa shape index (κ2) is 5.74. The molecule has 2 heterocycles. The van der Waals surface area contributed by atoms with Crippen LogP contribution in [0.25, 0.3) is 0 Å². The standard InChI is InChI=1S/C12H10N4O4/c17-10(5-11(18)12(19)20)9-6-14-16(15-9)7-8-1-3-13-4-2-8/h1-6,18H,7H2,(H,19,20). The number of pyridine rings is 1. The molecular formula is C12H10N4O4. The van der Waals surface area contributed by atoms with Crippen LogP contribution in [0.1, 0.15) is 16.1 Å². The van der Waals surface area contributed by atoms with E-state index < -0.39 is 17.5 Å². The molecule has 0 aliphatic heterocycles. The summed E-state index contributed by atoms with van der Waals surface area (Å²) < 4.78 is 0. The van der Waals surface area contributed by atoms with Crippen molar-refractivity contribution in [2.75, 3.05) is 0 Å². The molecule has 0 aliphatic carbocycles. The molecule has 2 N–H and O–H groups in total. The fourth-order valence-electron chi connectivity index (χ4n) is 1.40.